The second-order valence-electron chi connectivity index (χ2n) is 4.77. The van der Waals surface area contributed by atoms with E-state index < -0.39 is 6.10 Å². The zero-order valence-electron chi connectivity index (χ0n) is 12.9. The van der Waals surface area contributed by atoms with Crippen molar-refractivity contribution < 1.29 is 14.3 Å². The van der Waals surface area contributed by atoms with Crippen LogP contribution in [0.4, 0.5) is 0 Å². The Hall–Kier alpha value is -1.46. The van der Waals surface area contributed by atoms with Crippen LogP contribution in [0, 0.1) is 0 Å². The molecular formula is C15H20Cl2N2O3. The van der Waals surface area contributed by atoms with Crippen molar-refractivity contribution in [3.05, 3.63) is 28.2 Å². The highest BCUT2D eigenvalue weighted by molar-refractivity contribution is 6.35. The quantitative estimate of drug-likeness (QED) is 0.825. The lowest BCUT2D eigenvalue weighted by molar-refractivity contribution is -0.141. The third kappa shape index (κ3) is 5.39. The summed E-state index contributed by atoms with van der Waals surface area (Å²) >= 11 is 11.8. The SMILES string of the molecule is CCCN(CC(=O)NC)C(=O)C(C)Oc1ccc(Cl)cc1Cl. The molecule has 0 saturated heterocycles. The average Bonchev–Trinajstić information content (AvgIpc) is 2.48. The molecule has 0 saturated carbocycles. The second kappa shape index (κ2) is 8.86. The molecule has 0 radical (unpaired) electrons. The predicted molar refractivity (Wildman–Crippen MR) is 87.5 cm³/mol. The molecule has 0 spiro atoms. The summed E-state index contributed by atoms with van der Waals surface area (Å²) in [4.78, 5) is 25.4. The van der Waals surface area contributed by atoms with Crippen LogP contribution in [0.25, 0.3) is 0 Å². The number of nitrogens with zero attached hydrogens (tertiary/aromatic N) is 1. The largest absolute Gasteiger partial charge is 0.479 e. The van der Waals surface area contributed by atoms with Crippen molar-refractivity contribution in [2.75, 3.05) is 20.1 Å². The van der Waals surface area contributed by atoms with Crippen LogP contribution in [0.1, 0.15) is 20.3 Å². The van der Waals surface area contributed by atoms with Gasteiger partial charge in [0.1, 0.15) is 5.75 Å². The van der Waals surface area contributed by atoms with Gasteiger partial charge in [0.05, 0.1) is 11.6 Å². The van der Waals surface area contributed by atoms with Crippen molar-refractivity contribution >= 4 is 35.0 Å². The maximum atomic E-state index is 12.4. The van der Waals surface area contributed by atoms with E-state index in [2.05, 4.69) is 5.32 Å². The van der Waals surface area contributed by atoms with Crippen molar-refractivity contribution in [3.63, 3.8) is 0 Å². The Morgan fingerprint density at radius 1 is 1.36 bits per heavy atom. The highest BCUT2D eigenvalue weighted by Gasteiger charge is 2.23. The normalized spacial score (nSPS) is 11.7. The van der Waals surface area contributed by atoms with Gasteiger partial charge in [0.2, 0.25) is 5.91 Å². The first-order valence-corrected chi connectivity index (χ1v) is 7.75. The Balaban J connectivity index is 2.77. The summed E-state index contributed by atoms with van der Waals surface area (Å²) in [6.45, 7) is 4.05. The van der Waals surface area contributed by atoms with Crippen LogP contribution in [-0.2, 0) is 9.59 Å². The third-order valence-corrected chi connectivity index (χ3v) is 3.49. The number of halogens is 2. The molecule has 0 bridgehead atoms. The van der Waals surface area contributed by atoms with Gasteiger partial charge in [-0.3, -0.25) is 9.59 Å². The summed E-state index contributed by atoms with van der Waals surface area (Å²) in [5, 5.41) is 3.33. The first-order valence-electron chi connectivity index (χ1n) is 7.00. The van der Waals surface area contributed by atoms with Crippen LogP contribution >= 0.6 is 23.2 Å². The van der Waals surface area contributed by atoms with E-state index in [-0.39, 0.29) is 18.4 Å². The first kappa shape index (κ1) is 18.6. The van der Waals surface area contributed by atoms with Gasteiger partial charge in [0.25, 0.3) is 5.91 Å². The molecule has 1 rings (SSSR count). The maximum absolute atomic E-state index is 12.4. The fourth-order valence-electron chi connectivity index (χ4n) is 1.86. The molecule has 0 aliphatic carbocycles. The van der Waals surface area contributed by atoms with Crippen molar-refractivity contribution in [1.29, 1.82) is 0 Å². The number of hydrogen-bond donors (Lipinski definition) is 1. The van der Waals surface area contributed by atoms with Crippen molar-refractivity contribution in [2.24, 2.45) is 0 Å². The van der Waals surface area contributed by atoms with E-state index in [1.807, 2.05) is 6.92 Å². The molecule has 122 valence electrons. The molecule has 1 aromatic rings. The lowest BCUT2D eigenvalue weighted by atomic mass is 10.3. The molecular weight excluding hydrogens is 327 g/mol. The van der Waals surface area contributed by atoms with E-state index >= 15 is 0 Å². The Bertz CT molecular complexity index is 538. The van der Waals surface area contributed by atoms with E-state index in [1.54, 1.807) is 25.1 Å². The van der Waals surface area contributed by atoms with E-state index in [0.29, 0.717) is 22.3 Å². The number of nitrogens with one attached hydrogen (secondary N) is 1. The van der Waals surface area contributed by atoms with Gasteiger partial charge in [0.15, 0.2) is 6.10 Å². The smallest absolute Gasteiger partial charge is 0.263 e. The number of carbonyl (C=O) groups excluding carboxylic acids is 2. The van der Waals surface area contributed by atoms with E-state index in [0.717, 1.165) is 6.42 Å². The van der Waals surface area contributed by atoms with Gasteiger partial charge in [-0.1, -0.05) is 30.1 Å². The molecule has 1 unspecified atom stereocenters. The Morgan fingerprint density at radius 3 is 2.59 bits per heavy atom. The minimum atomic E-state index is -0.755. The van der Waals surface area contributed by atoms with E-state index in [9.17, 15) is 9.59 Å². The number of ether oxygens (including phenoxy) is 1. The number of carbonyl (C=O) groups is 2. The number of amides is 2. The molecule has 0 fully saturated rings. The standard InChI is InChI=1S/C15H20Cl2N2O3/c1-4-7-19(9-14(20)18-3)15(21)10(2)22-13-6-5-11(16)8-12(13)17/h5-6,8,10H,4,7,9H2,1-3H3,(H,18,20). The number of rotatable bonds is 7. The summed E-state index contributed by atoms with van der Waals surface area (Å²) in [6.07, 6.45) is -0.00756. The van der Waals surface area contributed by atoms with Crippen LogP contribution in [0.15, 0.2) is 18.2 Å². The fraction of sp³-hybridized carbons (Fsp3) is 0.467. The lowest BCUT2D eigenvalue weighted by Gasteiger charge is -2.25. The lowest BCUT2D eigenvalue weighted by Crippen LogP contribution is -2.45. The summed E-state index contributed by atoms with van der Waals surface area (Å²) in [5.74, 6) is -0.113. The van der Waals surface area contributed by atoms with Crippen molar-refractivity contribution in [2.45, 2.75) is 26.4 Å². The van der Waals surface area contributed by atoms with Crippen LogP contribution < -0.4 is 10.1 Å². The van der Waals surface area contributed by atoms with Gasteiger partial charge in [-0.05, 0) is 31.5 Å². The molecule has 7 heteroatoms. The first-order chi connectivity index (χ1) is 10.4. The topological polar surface area (TPSA) is 58.6 Å². The molecule has 5 nitrogen and oxygen atoms in total. The van der Waals surface area contributed by atoms with Gasteiger partial charge >= 0.3 is 0 Å². The molecule has 1 N–H and O–H groups in total. The van der Waals surface area contributed by atoms with Gasteiger partial charge < -0.3 is 15.0 Å². The van der Waals surface area contributed by atoms with Gasteiger partial charge in [0, 0.05) is 18.6 Å². The van der Waals surface area contributed by atoms with E-state index in [1.165, 1.54) is 11.9 Å². The van der Waals surface area contributed by atoms with Crippen molar-refractivity contribution in [3.8, 4) is 5.75 Å². The zero-order valence-corrected chi connectivity index (χ0v) is 14.4. The second-order valence-corrected chi connectivity index (χ2v) is 5.61. The van der Waals surface area contributed by atoms with Crippen molar-refractivity contribution in [1.82, 2.24) is 10.2 Å². The average molecular weight is 347 g/mol. The monoisotopic (exact) mass is 346 g/mol. The molecule has 0 heterocycles. The Kier molecular flexibility index (Phi) is 7.48. The maximum Gasteiger partial charge on any atom is 0.263 e. The summed E-state index contributed by atoms with van der Waals surface area (Å²) in [7, 11) is 1.53. The highest BCUT2D eigenvalue weighted by atomic mass is 35.5. The molecule has 0 aliphatic rings. The highest BCUT2D eigenvalue weighted by Crippen LogP contribution is 2.28. The van der Waals surface area contributed by atoms with E-state index in [4.69, 9.17) is 27.9 Å². The van der Waals surface area contributed by atoms with Crippen LogP contribution in [0.3, 0.4) is 0 Å². The summed E-state index contributed by atoms with van der Waals surface area (Å²) < 4.78 is 5.59. The molecule has 2 amide bonds. The summed E-state index contributed by atoms with van der Waals surface area (Å²) in [6, 6.07) is 4.79. The number of likely N-dealkylation sites (N-methyl/N-ethyl adjacent to an activating group) is 1. The fourth-order valence-corrected chi connectivity index (χ4v) is 2.31. The Morgan fingerprint density at radius 2 is 2.05 bits per heavy atom. The number of hydrogen-bond acceptors (Lipinski definition) is 3. The van der Waals surface area contributed by atoms with Crippen LogP contribution in [0.5, 0.6) is 5.75 Å². The molecule has 0 aliphatic heterocycles. The minimum Gasteiger partial charge on any atom is -0.479 e. The van der Waals surface area contributed by atoms with Gasteiger partial charge in [-0.25, -0.2) is 0 Å². The minimum absolute atomic E-state index is 0.00518. The van der Waals surface area contributed by atoms with Crippen LogP contribution in [0.2, 0.25) is 10.0 Å². The summed E-state index contributed by atoms with van der Waals surface area (Å²) in [5.41, 5.74) is 0. The third-order valence-electron chi connectivity index (χ3n) is 2.96. The van der Waals surface area contributed by atoms with Gasteiger partial charge in [-0.2, -0.15) is 0 Å². The Labute approximate surface area is 140 Å². The molecule has 22 heavy (non-hydrogen) atoms. The number of benzene rings is 1. The molecule has 1 aromatic carbocycles. The zero-order chi connectivity index (χ0) is 16.7. The van der Waals surface area contributed by atoms with Gasteiger partial charge in [-0.15, -0.1) is 0 Å². The van der Waals surface area contributed by atoms with Crippen LogP contribution in [-0.4, -0.2) is 43.0 Å². The molecule has 1 atom stereocenters. The predicted octanol–water partition coefficient (Wildman–Crippen LogP) is 2.75. The molecule has 0 aromatic heterocycles.